The summed E-state index contributed by atoms with van der Waals surface area (Å²) >= 11 is 0. The molecule has 35 atom stereocenters. The van der Waals surface area contributed by atoms with Gasteiger partial charge < -0.3 is 109 Å². The van der Waals surface area contributed by atoms with E-state index in [2.05, 4.69) is 27.4 Å². The van der Waals surface area contributed by atoms with Gasteiger partial charge in [-0.3, -0.25) is 48.2 Å². The van der Waals surface area contributed by atoms with Crippen LogP contribution in [-0.4, -0.2) is 313 Å². The Hall–Kier alpha value is -6.26. The quantitative estimate of drug-likeness (QED) is 0.0229. The second kappa shape index (κ2) is 54.0. The molecule has 0 amide bonds. The second-order valence-corrected chi connectivity index (χ2v) is 42.0. The van der Waals surface area contributed by atoms with Crippen LogP contribution in [0.2, 0.25) is 18.1 Å². The van der Waals surface area contributed by atoms with Crippen molar-refractivity contribution in [1.29, 1.82) is 0 Å². The predicted octanol–water partition coefficient (Wildman–Crippen LogP) is 10.9. The van der Waals surface area contributed by atoms with Gasteiger partial charge in [-0.1, -0.05) is 117 Å². The Bertz CT molecular complexity index is 3790. The van der Waals surface area contributed by atoms with Gasteiger partial charge in [0, 0.05) is 110 Å². The highest BCUT2D eigenvalue weighted by molar-refractivity contribution is 6.73. The van der Waals surface area contributed by atoms with E-state index < -0.39 is 233 Å². The van der Waals surface area contributed by atoms with Crippen LogP contribution in [0.4, 0.5) is 0 Å². The maximum absolute atomic E-state index is 14.5. The van der Waals surface area contributed by atoms with Gasteiger partial charge in [-0.2, -0.15) is 0 Å². The van der Waals surface area contributed by atoms with Gasteiger partial charge in [0.05, 0.1) is 106 Å². The van der Waals surface area contributed by atoms with Crippen molar-refractivity contribution in [2.24, 2.45) is 59.2 Å². The van der Waals surface area contributed by atoms with Gasteiger partial charge in [-0.05, 0) is 144 Å². The first-order valence-electron chi connectivity index (χ1n) is 46.9. The van der Waals surface area contributed by atoms with E-state index in [0.29, 0.717) is 18.4 Å². The molecule has 1 N–H and O–H groups in total. The normalized spacial score (nSPS) is 39.1. The maximum Gasteiger partial charge on any atom is 0.308 e. The molecule has 0 saturated carbocycles. The van der Waals surface area contributed by atoms with Gasteiger partial charge in [0.2, 0.25) is 0 Å². The Kier molecular flexibility index (Phi) is 46.8. The van der Waals surface area contributed by atoms with E-state index in [1.54, 1.807) is 106 Å². The van der Waals surface area contributed by atoms with Gasteiger partial charge in [0.15, 0.2) is 57.3 Å². The largest absolute Gasteiger partial charge is 0.462 e. The van der Waals surface area contributed by atoms with E-state index in [9.17, 15) is 53.1 Å². The highest BCUT2D eigenvalue weighted by Gasteiger charge is 2.56. The number of hydrogen-bond acceptors (Lipinski definition) is 33. The number of carbonyl (C=O) groups excluding carboxylic acids is 10. The Labute approximate surface area is 778 Å². The van der Waals surface area contributed by atoms with Crippen LogP contribution < -0.4 is 0 Å². The van der Waals surface area contributed by atoms with E-state index >= 15 is 0 Å². The molecule has 7 aliphatic heterocycles. The van der Waals surface area contributed by atoms with E-state index in [-0.39, 0.29) is 93.8 Å². The third kappa shape index (κ3) is 31.4. The number of fused-ring (bicyclic) bond motifs is 3. The Morgan fingerprint density at radius 1 is 0.496 bits per heavy atom. The number of allylic oxidation sites excluding steroid dienone is 6. The molecule has 0 aromatic carbocycles. The molecule has 7 heterocycles. The van der Waals surface area contributed by atoms with Crippen molar-refractivity contribution in [3.8, 4) is 0 Å². The average Bonchev–Trinajstić information content (AvgIpc) is 1.71. The minimum atomic E-state index is -2.07. The minimum Gasteiger partial charge on any atom is -0.462 e. The lowest BCUT2D eigenvalue weighted by Crippen LogP contribution is -2.65. The molecule has 11 unspecified atom stereocenters. The zero-order valence-electron chi connectivity index (χ0n) is 83.0. The first-order valence-corrected chi connectivity index (χ1v) is 49.4. The number of likely N-dealkylation sites (N-methyl/N-ethyl adjacent to an activating group) is 2. The molecule has 0 aromatic heterocycles. The summed E-state index contributed by atoms with van der Waals surface area (Å²) in [4.78, 5) is 135. The van der Waals surface area contributed by atoms with Gasteiger partial charge in [-0.25, -0.2) is 0 Å². The molecule has 7 rings (SSSR count). The highest BCUT2D eigenvalue weighted by Crippen LogP contribution is 2.44. The van der Waals surface area contributed by atoms with Crippen LogP contribution in [0.5, 0.6) is 0 Å². The molecule has 2 bridgehead atoms. The molecule has 34 heteroatoms. The molecule has 5 fully saturated rings. The summed E-state index contributed by atoms with van der Waals surface area (Å²) in [6.07, 6.45) is -5.37. The van der Waals surface area contributed by atoms with Crippen LogP contribution in [-0.2, 0) is 142 Å². The number of ether oxygens (including phenoxy) is 19. The summed E-state index contributed by atoms with van der Waals surface area (Å²) in [5.74, 6) is -9.57. The molecule has 0 radical (unpaired) electrons. The number of aliphatic hydroxyl groups is 1. The number of aldehydes is 2. The number of ketones is 2. The maximum atomic E-state index is 14.5. The molecular formula is C97H158N2O31Si. The third-order valence-corrected chi connectivity index (χ3v) is 31.9. The molecule has 5 saturated heterocycles. The SMILES string of the molecule is C=C1CO[C@@H]2CC(=O)O[C@H](CC)[C@@H](CO[C@@H]3OC(C)[C@@H](O[Si](CC)(CC)CC)[C@H](OC)C3OC)/C=C(C)/C=C/C(=O)[C@H](C)C[C@H](C(C=O)C1)[C@H](O[C@@H]1OC(C)[C@@H](OC(C)=O)C(N(C)C)C1OC(C)=O)[C@H]2C.CC[C@H]1OC(=O)C[C@@H](O)[C@H](C)[C@@H](O[C@@H]2OC(C)[C@@H](OC(C)=O)C(N(C)C)C2OC(C)=O)[C@@H](CC=O)C[C@@H](C)C(=O)/C=C/C(C)=C/[C@@H]1CO[C@@H]1OC(C)[C@@H](C)[C@H](OC)C1OC. The van der Waals surface area contributed by atoms with Crippen LogP contribution >= 0.6 is 0 Å². The lowest BCUT2D eigenvalue weighted by atomic mass is 9.73. The van der Waals surface area contributed by atoms with Crippen molar-refractivity contribution in [2.45, 2.75) is 361 Å². The van der Waals surface area contributed by atoms with Crippen molar-refractivity contribution >= 4 is 68.3 Å². The van der Waals surface area contributed by atoms with Gasteiger partial charge in [-0.15, -0.1) is 0 Å². The zero-order chi connectivity index (χ0) is 97.9. The highest BCUT2D eigenvalue weighted by atomic mass is 28.4. The van der Waals surface area contributed by atoms with E-state index in [4.69, 9.17) is 94.4 Å². The van der Waals surface area contributed by atoms with Crippen LogP contribution in [0.3, 0.4) is 0 Å². The molecule has 746 valence electrons. The topological polar surface area (TPSA) is 382 Å². The Balaban J connectivity index is 0.000000409. The van der Waals surface area contributed by atoms with E-state index in [0.717, 1.165) is 41.9 Å². The number of methoxy groups -OCH3 is 4. The fourth-order valence-corrected chi connectivity index (χ4v) is 22.4. The molecular weight excluding hydrogens is 1720 g/mol. The summed E-state index contributed by atoms with van der Waals surface area (Å²) in [5, 5.41) is 11.8. The van der Waals surface area contributed by atoms with Crippen LogP contribution in [0.25, 0.3) is 0 Å². The number of esters is 6. The zero-order valence-corrected chi connectivity index (χ0v) is 84.0. The Morgan fingerprint density at radius 3 is 1.33 bits per heavy atom. The third-order valence-electron chi connectivity index (χ3n) is 27.3. The van der Waals surface area contributed by atoms with Crippen molar-refractivity contribution in [3.63, 3.8) is 0 Å². The lowest BCUT2D eigenvalue weighted by molar-refractivity contribution is -0.309. The van der Waals surface area contributed by atoms with Crippen molar-refractivity contribution in [2.75, 3.05) is 76.5 Å². The lowest BCUT2D eigenvalue weighted by Gasteiger charge is -2.49. The van der Waals surface area contributed by atoms with Gasteiger partial charge in [0.1, 0.15) is 55.3 Å². The van der Waals surface area contributed by atoms with Crippen molar-refractivity contribution < 1.29 is 147 Å². The summed E-state index contributed by atoms with van der Waals surface area (Å²) in [6.45, 7) is 40.0. The van der Waals surface area contributed by atoms with Gasteiger partial charge in [0.25, 0.3) is 0 Å². The number of carbonyl (C=O) groups is 10. The first-order chi connectivity index (χ1) is 61.9. The number of nitrogens with zero attached hydrogens (tertiary/aromatic N) is 2. The molecule has 0 spiro atoms. The van der Waals surface area contributed by atoms with Crippen LogP contribution in [0.15, 0.2) is 59.8 Å². The standard InChI is InChI=1S/C53H87NO16Si.C44H71NO15/c1-17-42-39(29-63-52-51(61-16)50(60-15)48(35(10)64-52)70-71(18-2,19-3)20-4)23-30(5)21-22-41(58)32(7)25-40-38(27-55)24-31(6)28-62-43(26-44(59)68-42)33(8)46(40)69-53-49(67-37(12)57)45(54(13)14)47(34(9)65-53)66-36(11)56;1-14-35-32(22-54-43-42(53-13)39(52-12)25(4)27(6)55-43)19-23(2)15-16-33(49)24(3)20-31(17-18-46)38(26(5)34(50)21-36(51)59-35)60-44-41(58-30(9)48)37(45(10)11)40(28(7)56-44)57-29(8)47/h21-23,27,32-35,38-40,42-43,45-53H,6,17-20,24-26,28-29H2,1-5,7-16H3;15-16,18-19,24-28,31-32,34-35,37-44,50H,14,17,20-22H2,1-13H3/b22-21+,30-23+;16-15+,23-19+/t32-,33+,34?,35?,38?,39-,40-,42-,43-,45?,46-,47-,48-,49?,50+,51?,52-,53+;24-,25-,26+,27?,28?,31+,32-,34-,35-,37?,38-,39+,40-,41?,42?,43-,44+/m11/s1. The molecule has 0 aromatic rings. The second-order valence-electron chi connectivity index (χ2n) is 37.3. The number of rotatable bonds is 30. The molecule has 131 heavy (non-hydrogen) atoms. The fourth-order valence-electron chi connectivity index (χ4n) is 19.5. The average molecular weight is 1880 g/mol. The molecule has 33 nitrogen and oxygen atoms in total. The van der Waals surface area contributed by atoms with Crippen LogP contribution in [0.1, 0.15) is 190 Å². The number of hydrogen-bond donors (Lipinski definition) is 1. The van der Waals surface area contributed by atoms with Gasteiger partial charge >= 0.3 is 35.8 Å². The monoisotopic (exact) mass is 1880 g/mol. The van der Waals surface area contributed by atoms with Crippen molar-refractivity contribution in [3.05, 3.63) is 59.8 Å². The molecule has 7 aliphatic rings. The predicted molar refractivity (Wildman–Crippen MR) is 486 cm³/mol. The fraction of sp³-hybridized carbons (Fsp3) is 0.794. The minimum absolute atomic E-state index is 0.0373. The first kappa shape index (κ1) is 113. The summed E-state index contributed by atoms with van der Waals surface area (Å²) in [6, 6.07) is 1.45. The Morgan fingerprint density at radius 2 is 0.908 bits per heavy atom. The molecule has 0 aliphatic carbocycles. The number of aliphatic hydroxyl groups excluding tert-OH is 1. The summed E-state index contributed by atoms with van der Waals surface area (Å²) in [7, 11) is 11.4. The van der Waals surface area contributed by atoms with Crippen LogP contribution in [0, 0.1) is 59.2 Å². The van der Waals surface area contributed by atoms with E-state index in [1.807, 2.05) is 74.5 Å². The summed E-state index contributed by atoms with van der Waals surface area (Å²) < 4.78 is 125. The smallest absolute Gasteiger partial charge is 0.308 e. The number of cyclic esters (lactones) is 2. The van der Waals surface area contributed by atoms with Crippen molar-refractivity contribution in [1.82, 2.24) is 9.80 Å². The van der Waals surface area contributed by atoms with E-state index in [1.165, 1.54) is 39.8 Å². The summed E-state index contributed by atoms with van der Waals surface area (Å²) in [5.41, 5.74) is 2.08.